The van der Waals surface area contributed by atoms with Crippen LogP contribution in [-0.4, -0.2) is 27.6 Å². The number of hydrogen-bond donors (Lipinski definition) is 0. The second-order valence-electron chi connectivity index (χ2n) is 6.13. The van der Waals surface area contributed by atoms with Gasteiger partial charge in [0.25, 0.3) is 5.69 Å². The Morgan fingerprint density at radius 3 is 2.19 bits per heavy atom. The zero-order valence-corrected chi connectivity index (χ0v) is 13.1. The molecule has 0 N–H and O–H groups in total. The van der Waals surface area contributed by atoms with Crippen molar-refractivity contribution in [3.8, 4) is 0 Å². The van der Waals surface area contributed by atoms with E-state index in [-0.39, 0.29) is 11.7 Å². The van der Waals surface area contributed by atoms with E-state index in [9.17, 15) is 14.9 Å². The highest BCUT2D eigenvalue weighted by Crippen LogP contribution is 2.17. The first-order valence-electron chi connectivity index (χ1n) is 6.83. The summed E-state index contributed by atoms with van der Waals surface area (Å²) in [6.45, 7) is 9.59. The average Bonchev–Trinajstić information content (AvgIpc) is 2.33. The van der Waals surface area contributed by atoms with E-state index in [0.717, 1.165) is 5.56 Å². The van der Waals surface area contributed by atoms with Gasteiger partial charge in [-0.15, -0.1) is 0 Å². The summed E-state index contributed by atoms with van der Waals surface area (Å²) >= 11 is 0. The molecule has 0 fully saturated rings. The van der Waals surface area contributed by atoms with Crippen LogP contribution < -0.4 is 0 Å². The molecule has 1 aromatic carbocycles. The van der Waals surface area contributed by atoms with Gasteiger partial charge in [-0.3, -0.25) is 10.1 Å². The normalized spacial score (nSPS) is 11.3. The number of rotatable bonds is 4. The predicted octanol–water partition coefficient (Wildman–Crippen LogP) is 3.74. The van der Waals surface area contributed by atoms with Gasteiger partial charge in [-0.25, -0.2) is 4.79 Å². The van der Waals surface area contributed by atoms with Crippen LogP contribution in [0.3, 0.4) is 0 Å². The predicted molar refractivity (Wildman–Crippen MR) is 80.0 cm³/mol. The van der Waals surface area contributed by atoms with Crippen molar-refractivity contribution in [2.24, 2.45) is 0 Å². The van der Waals surface area contributed by atoms with Crippen molar-refractivity contribution in [2.45, 2.75) is 52.8 Å². The molecule has 0 saturated heterocycles. The Morgan fingerprint density at radius 2 is 1.81 bits per heavy atom. The molecule has 0 aliphatic heterocycles. The smallest absolute Gasteiger partial charge is 0.410 e. The number of benzene rings is 1. The van der Waals surface area contributed by atoms with Crippen molar-refractivity contribution in [2.75, 3.05) is 0 Å². The van der Waals surface area contributed by atoms with Gasteiger partial charge in [-0.05, 0) is 40.2 Å². The number of amides is 1. The molecule has 0 spiro atoms. The van der Waals surface area contributed by atoms with Crippen molar-refractivity contribution in [3.05, 3.63) is 39.9 Å². The molecule has 21 heavy (non-hydrogen) atoms. The van der Waals surface area contributed by atoms with Gasteiger partial charge >= 0.3 is 6.09 Å². The van der Waals surface area contributed by atoms with E-state index in [2.05, 4.69) is 0 Å². The lowest BCUT2D eigenvalue weighted by atomic mass is 10.1. The summed E-state index contributed by atoms with van der Waals surface area (Å²) in [6, 6.07) is 6.14. The lowest BCUT2D eigenvalue weighted by molar-refractivity contribution is -0.384. The van der Waals surface area contributed by atoms with Crippen LogP contribution in [-0.2, 0) is 11.3 Å². The number of carbonyl (C=O) groups excluding carboxylic acids is 1. The molecule has 0 bridgehead atoms. The topological polar surface area (TPSA) is 72.7 Å². The molecule has 0 heterocycles. The van der Waals surface area contributed by atoms with Gasteiger partial charge < -0.3 is 9.64 Å². The van der Waals surface area contributed by atoms with Crippen LogP contribution >= 0.6 is 0 Å². The number of ether oxygens (including phenoxy) is 1. The lowest BCUT2D eigenvalue weighted by Crippen LogP contribution is -2.40. The molecule has 0 radical (unpaired) electrons. The fourth-order valence-corrected chi connectivity index (χ4v) is 1.70. The fourth-order valence-electron chi connectivity index (χ4n) is 1.70. The van der Waals surface area contributed by atoms with Crippen molar-refractivity contribution in [1.82, 2.24) is 4.90 Å². The largest absolute Gasteiger partial charge is 0.444 e. The second-order valence-corrected chi connectivity index (χ2v) is 6.13. The molecule has 0 saturated carbocycles. The van der Waals surface area contributed by atoms with E-state index in [1.54, 1.807) is 17.0 Å². The van der Waals surface area contributed by atoms with Crippen molar-refractivity contribution in [3.63, 3.8) is 0 Å². The summed E-state index contributed by atoms with van der Waals surface area (Å²) in [4.78, 5) is 23.9. The van der Waals surface area contributed by atoms with Crippen LogP contribution in [0.5, 0.6) is 0 Å². The zero-order chi connectivity index (χ0) is 16.2. The van der Waals surface area contributed by atoms with E-state index < -0.39 is 16.6 Å². The third-order valence-electron chi connectivity index (χ3n) is 2.75. The minimum atomic E-state index is -0.556. The number of nitro benzene ring substituents is 1. The standard InChI is InChI=1S/C15H22N2O4/c1-11(2)16(14(18)21-15(3,4)5)10-12-6-8-13(9-7-12)17(19)20/h6-9,11H,10H2,1-5H3. The molecular weight excluding hydrogens is 272 g/mol. The van der Waals surface area contributed by atoms with Gasteiger partial charge in [0.2, 0.25) is 0 Å². The van der Waals surface area contributed by atoms with Crippen molar-refractivity contribution < 1.29 is 14.5 Å². The highest BCUT2D eigenvalue weighted by atomic mass is 16.6. The van der Waals surface area contributed by atoms with Crippen molar-refractivity contribution in [1.29, 1.82) is 0 Å². The first-order valence-corrected chi connectivity index (χ1v) is 6.83. The minimum Gasteiger partial charge on any atom is -0.444 e. The Hall–Kier alpha value is -2.11. The van der Waals surface area contributed by atoms with Crippen LogP contribution in [0.15, 0.2) is 24.3 Å². The van der Waals surface area contributed by atoms with Gasteiger partial charge in [0.15, 0.2) is 0 Å². The Kier molecular flexibility index (Phi) is 5.29. The maximum Gasteiger partial charge on any atom is 0.410 e. The maximum atomic E-state index is 12.2. The Balaban J connectivity index is 2.83. The molecule has 6 heteroatoms. The van der Waals surface area contributed by atoms with E-state index >= 15 is 0 Å². The number of hydrogen-bond acceptors (Lipinski definition) is 4. The monoisotopic (exact) mass is 294 g/mol. The highest BCUT2D eigenvalue weighted by Gasteiger charge is 2.24. The summed E-state index contributed by atoms with van der Waals surface area (Å²) in [5, 5.41) is 10.6. The number of nitrogens with zero attached hydrogens (tertiary/aromatic N) is 2. The molecule has 6 nitrogen and oxygen atoms in total. The Morgan fingerprint density at radius 1 is 1.29 bits per heavy atom. The van der Waals surface area contributed by atoms with Crippen LogP contribution in [0.25, 0.3) is 0 Å². The maximum absolute atomic E-state index is 12.2. The molecule has 116 valence electrons. The van der Waals surface area contributed by atoms with Gasteiger partial charge in [-0.2, -0.15) is 0 Å². The summed E-state index contributed by atoms with van der Waals surface area (Å²) in [6.07, 6.45) is -0.393. The zero-order valence-electron chi connectivity index (χ0n) is 13.1. The van der Waals surface area contributed by atoms with Gasteiger partial charge in [0, 0.05) is 24.7 Å². The molecular formula is C15H22N2O4. The number of carbonyl (C=O) groups is 1. The molecule has 0 atom stereocenters. The van der Waals surface area contributed by atoms with Crippen LogP contribution in [0, 0.1) is 10.1 Å². The van der Waals surface area contributed by atoms with Crippen LogP contribution in [0.1, 0.15) is 40.2 Å². The van der Waals surface area contributed by atoms with Crippen LogP contribution in [0.4, 0.5) is 10.5 Å². The third kappa shape index (κ3) is 5.41. The molecule has 0 aromatic heterocycles. The molecule has 0 unspecified atom stereocenters. The summed E-state index contributed by atoms with van der Waals surface area (Å²) < 4.78 is 5.37. The minimum absolute atomic E-state index is 0.0324. The fraction of sp³-hybridized carbons (Fsp3) is 0.533. The Bertz CT molecular complexity index is 503. The molecule has 0 aliphatic carbocycles. The molecule has 1 amide bonds. The first kappa shape index (κ1) is 16.9. The highest BCUT2D eigenvalue weighted by molar-refractivity contribution is 5.68. The van der Waals surface area contributed by atoms with Gasteiger partial charge in [-0.1, -0.05) is 12.1 Å². The van der Waals surface area contributed by atoms with E-state index in [4.69, 9.17) is 4.74 Å². The quantitative estimate of drug-likeness (QED) is 0.626. The van der Waals surface area contributed by atoms with Gasteiger partial charge in [0.1, 0.15) is 5.60 Å². The van der Waals surface area contributed by atoms with Crippen molar-refractivity contribution >= 4 is 11.8 Å². The second kappa shape index (κ2) is 6.56. The summed E-state index contributed by atoms with van der Waals surface area (Å²) in [5.41, 5.74) is 0.298. The average molecular weight is 294 g/mol. The molecule has 1 rings (SSSR count). The lowest BCUT2D eigenvalue weighted by Gasteiger charge is -2.30. The number of non-ortho nitro benzene ring substituents is 1. The Labute approximate surface area is 124 Å². The third-order valence-corrected chi connectivity index (χ3v) is 2.75. The first-order chi connectivity index (χ1) is 9.60. The SMILES string of the molecule is CC(C)N(Cc1ccc([N+](=O)[O-])cc1)C(=O)OC(C)(C)C. The van der Waals surface area contributed by atoms with E-state index in [1.165, 1.54) is 12.1 Å². The van der Waals surface area contributed by atoms with Crippen LogP contribution in [0.2, 0.25) is 0 Å². The molecule has 1 aromatic rings. The number of nitro groups is 1. The summed E-state index contributed by atoms with van der Waals surface area (Å²) in [5.74, 6) is 0. The van der Waals surface area contributed by atoms with Gasteiger partial charge in [0.05, 0.1) is 4.92 Å². The van der Waals surface area contributed by atoms with E-state index in [1.807, 2.05) is 34.6 Å². The summed E-state index contributed by atoms with van der Waals surface area (Å²) in [7, 11) is 0. The molecule has 0 aliphatic rings. The van der Waals surface area contributed by atoms with E-state index in [0.29, 0.717) is 6.54 Å².